The molecule has 1 aromatic carbocycles. The minimum Gasteiger partial charge on any atom is -0.383 e. The van der Waals surface area contributed by atoms with Gasteiger partial charge in [-0.25, -0.2) is 0 Å². The predicted octanol–water partition coefficient (Wildman–Crippen LogP) is 2.23. The Hall–Kier alpha value is -1.94. The van der Waals surface area contributed by atoms with E-state index in [1.807, 2.05) is 38.1 Å². The van der Waals surface area contributed by atoms with E-state index in [0.29, 0.717) is 18.7 Å². The zero-order valence-corrected chi connectivity index (χ0v) is 11.5. The lowest BCUT2D eigenvalue weighted by Gasteiger charge is -2.09. The van der Waals surface area contributed by atoms with Crippen LogP contribution in [0.3, 0.4) is 0 Å². The van der Waals surface area contributed by atoms with Crippen LogP contribution in [-0.2, 0) is 4.74 Å². The number of rotatable bonds is 4. The fourth-order valence-electron chi connectivity index (χ4n) is 2.02. The minimum atomic E-state index is -0.0850. The molecule has 1 amide bonds. The molecular formula is C15H18N2O2. The van der Waals surface area contributed by atoms with Gasteiger partial charge >= 0.3 is 0 Å². The monoisotopic (exact) mass is 258 g/mol. The number of benzene rings is 1. The van der Waals surface area contributed by atoms with Gasteiger partial charge in [-0.2, -0.15) is 0 Å². The van der Waals surface area contributed by atoms with Crippen molar-refractivity contribution < 1.29 is 9.53 Å². The van der Waals surface area contributed by atoms with Crippen LogP contribution in [0.25, 0.3) is 10.9 Å². The Morgan fingerprint density at radius 1 is 1.32 bits per heavy atom. The zero-order valence-electron chi connectivity index (χ0n) is 11.5. The van der Waals surface area contributed by atoms with Gasteiger partial charge in [0.05, 0.1) is 17.7 Å². The molecule has 0 fully saturated rings. The molecule has 0 radical (unpaired) electrons. The largest absolute Gasteiger partial charge is 0.383 e. The van der Waals surface area contributed by atoms with E-state index in [0.717, 1.165) is 22.2 Å². The Kier molecular flexibility index (Phi) is 4.12. The number of aryl methyl sites for hydroxylation is 2. The number of pyridine rings is 1. The van der Waals surface area contributed by atoms with Crippen molar-refractivity contribution in [2.24, 2.45) is 0 Å². The molecule has 1 N–H and O–H groups in total. The van der Waals surface area contributed by atoms with Gasteiger partial charge in [-0.3, -0.25) is 9.78 Å². The maximum atomic E-state index is 12.2. The molecule has 19 heavy (non-hydrogen) atoms. The third-order valence-electron chi connectivity index (χ3n) is 2.93. The summed E-state index contributed by atoms with van der Waals surface area (Å²) in [5.41, 5.74) is 3.47. The second-order valence-electron chi connectivity index (χ2n) is 4.58. The highest BCUT2D eigenvalue weighted by Gasteiger charge is 2.11. The number of amides is 1. The average molecular weight is 258 g/mol. The molecule has 0 bridgehead atoms. The normalized spacial score (nSPS) is 10.7. The molecule has 0 saturated carbocycles. The molecule has 0 saturated heterocycles. The number of methoxy groups -OCH3 is 1. The van der Waals surface area contributed by atoms with E-state index >= 15 is 0 Å². The molecule has 0 atom stereocenters. The molecule has 0 unspecified atom stereocenters. The summed E-state index contributed by atoms with van der Waals surface area (Å²) in [6.45, 7) is 4.91. The number of nitrogens with one attached hydrogen (secondary N) is 1. The van der Waals surface area contributed by atoms with Crippen LogP contribution in [0.1, 0.15) is 21.6 Å². The van der Waals surface area contributed by atoms with E-state index < -0.39 is 0 Å². The number of hydrogen-bond acceptors (Lipinski definition) is 3. The van der Waals surface area contributed by atoms with Gasteiger partial charge in [0, 0.05) is 24.7 Å². The Morgan fingerprint density at radius 3 is 2.84 bits per heavy atom. The number of carbonyl (C=O) groups is 1. The number of ether oxygens (including phenoxy) is 1. The van der Waals surface area contributed by atoms with Crippen LogP contribution in [0.4, 0.5) is 0 Å². The zero-order chi connectivity index (χ0) is 13.8. The first-order valence-corrected chi connectivity index (χ1v) is 6.27. The summed E-state index contributed by atoms with van der Waals surface area (Å²) >= 11 is 0. The van der Waals surface area contributed by atoms with E-state index in [9.17, 15) is 4.79 Å². The average Bonchev–Trinajstić information content (AvgIpc) is 2.38. The Bertz CT molecular complexity index is 608. The van der Waals surface area contributed by atoms with Crippen LogP contribution in [0.5, 0.6) is 0 Å². The van der Waals surface area contributed by atoms with E-state index in [4.69, 9.17) is 4.74 Å². The summed E-state index contributed by atoms with van der Waals surface area (Å²) in [6.07, 6.45) is 0. The maximum Gasteiger partial charge on any atom is 0.252 e. The summed E-state index contributed by atoms with van der Waals surface area (Å²) in [5.74, 6) is -0.0850. The van der Waals surface area contributed by atoms with Crippen molar-refractivity contribution in [3.8, 4) is 0 Å². The summed E-state index contributed by atoms with van der Waals surface area (Å²) in [6, 6.07) is 7.77. The molecule has 2 rings (SSSR count). The van der Waals surface area contributed by atoms with E-state index in [-0.39, 0.29) is 5.91 Å². The van der Waals surface area contributed by atoms with E-state index in [1.54, 1.807) is 7.11 Å². The summed E-state index contributed by atoms with van der Waals surface area (Å²) in [4.78, 5) is 16.7. The number of aromatic nitrogens is 1. The first-order chi connectivity index (χ1) is 9.11. The molecule has 0 aliphatic heterocycles. The lowest BCUT2D eigenvalue weighted by molar-refractivity contribution is 0.0938. The van der Waals surface area contributed by atoms with Crippen molar-refractivity contribution in [1.82, 2.24) is 10.3 Å². The third-order valence-corrected chi connectivity index (χ3v) is 2.93. The highest BCUT2D eigenvalue weighted by molar-refractivity contribution is 6.06. The lowest BCUT2D eigenvalue weighted by atomic mass is 10.0. The van der Waals surface area contributed by atoms with Crippen molar-refractivity contribution in [3.05, 3.63) is 41.1 Å². The SMILES string of the molecule is COCCNC(=O)c1cc(C)nc2ccc(C)cc12. The molecule has 0 aliphatic rings. The van der Waals surface area contributed by atoms with Gasteiger partial charge in [0.25, 0.3) is 5.91 Å². The van der Waals surface area contributed by atoms with E-state index in [2.05, 4.69) is 10.3 Å². The molecule has 0 aliphatic carbocycles. The minimum absolute atomic E-state index is 0.0850. The number of hydrogen-bond donors (Lipinski definition) is 1. The molecule has 4 heteroatoms. The second-order valence-corrected chi connectivity index (χ2v) is 4.58. The smallest absolute Gasteiger partial charge is 0.252 e. The van der Waals surface area contributed by atoms with Crippen LogP contribution >= 0.6 is 0 Å². The molecule has 1 aromatic heterocycles. The highest BCUT2D eigenvalue weighted by Crippen LogP contribution is 2.19. The molecule has 0 spiro atoms. The quantitative estimate of drug-likeness (QED) is 0.856. The Labute approximate surface area is 112 Å². The fourth-order valence-corrected chi connectivity index (χ4v) is 2.02. The summed E-state index contributed by atoms with van der Waals surface area (Å²) in [5, 5.41) is 3.74. The van der Waals surface area contributed by atoms with Crippen LogP contribution in [0.15, 0.2) is 24.3 Å². The van der Waals surface area contributed by atoms with Crippen molar-refractivity contribution in [2.75, 3.05) is 20.3 Å². The van der Waals surface area contributed by atoms with Crippen molar-refractivity contribution in [1.29, 1.82) is 0 Å². The van der Waals surface area contributed by atoms with Gasteiger partial charge in [0.15, 0.2) is 0 Å². The van der Waals surface area contributed by atoms with Crippen LogP contribution in [0.2, 0.25) is 0 Å². The Morgan fingerprint density at radius 2 is 2.11 bits per heavy atom. The standard InChI is InChI=1S/C15H18N2O2/c1-10-4-5-14-12(8-10)13(9-11(2)17-14)15(18)16-6-7-19-3/h4-5,8-9H,6-7H2,1-3H3,(H,16,18). The Balaban J connectivity index is 2.40. The molecule has 2 aromatic rings. The molecular weight excluding hydrogens is 240 g/mol. The first kappa shape index (κ1) is 13.5. The first-order valence-electron chi connectivity index (χ1n) is 6.27. The third kappa shape index (κ3) is 3.09. The summed E-state index contributed by atoms with van der Waals surface area (Å²) in [7, 11) is 1.61. The van der Waals surface area contributed by atoms with Gasteiger partial charge in [-0.05, 0) is 32.0 Å². The second kappa shape index (κ2) is 5.80. The molecule has 1 heterocycles. The van der Waals surface area contributed by atoms with Crippen molar-refractivity contribution >= 4 is 16.8 Å². The van der Waals surface area contributed by atoms with Gasteiger partial charge in [-0.1, -0.05) is 11.6 Å². The van der Waals surface area contributed by atoms with Gasteiger partial charge in [0.2, 0.25) is 0 Å². The topological polar surface area (TPSA) is 51.2 Å². The number of fused-ring (bicyclic) bond motifs is 1. The van der Waals surface area contributed by atoms with Crippen LogP contribution < -0.4 is 5.32 Å². The van der Waals surface area contributed by atoms with Gasteiger partial charge in [0.1, 0.15) is 0 Å². The van der Waals surface area contributed by atoms with Crippen LogP contribution in [-0.4, -0.2) is 31.2 Å². The van der Waals surface area contributed by atoms with Gasteiger partial charge < -0.3 is 10.1 Å². The van der Waals surface area contributed by atoms with Crippen molar-refractivity contribution in [3.63, 3.8) is 0 Å². The molecule has 100 valence electrons. The number of carbonyl (C=O) groups excluding carboxylic acids is 1. The lowest BCUT2D eigenvalue weighted by Crippen LogP contribution is -2.27. The maximum absolute atomic E-state index is 12.2. The highest BCUT2D eigenvalue weighted by atomic mass is 16.5. The number of nitrogens with zero attached hydrogens (tertiary/aromatic N) is 1. The fraction of sp³-hybridized carbons (Fsp3) is 0.333. The predicted molar refractivity (Wildman–Crippen MR) is 75.4 cm³/mol. The van der Waals surface area contributed by atoms with E-state index in [1.165, 1.54) is 0 Å². The van der Waals surface area contributed by atoms with Crippen molar-refractivity contribution in [2.45, 2.75) is 13.8 Å². The van der Waals surface area contributed by atoms with Crippen LogP contribution in [0, 0.1) is 13.8 Å². The molecule has 4 nitrogen and oxygen atoms in total. The van der Waals surface area contributed by atoms with Gasteiger partial charge in [-0.15, -0.1) is 0 Å². The summed E-state index contributed by atoms with van der Waals surface area (Å²) < 4.78 is 4.93.